The number of ether oxygens (including phenoxy) is 2. The van der Waals surface area contributed by atoms with E-state index in [1.165, 1.54) is 0 Å². The van der Waals surface area contributed by atoms with Crippen molar-refractivity contribution in [1.29, 1.82) is 5.41 Å². The van der Waals surface area contributed by atoms with Gasteiger partial charge in [0.05, 0.1) is 5.56 Å². The minimum Gasteiger partial charge on any atom is -0.418 e. The smallest absolute Gasteiger partial charge is 0.341 e. The molecular weight excluding hydrogens is 246 g/mol. The fourth-order valence-electron chi connectivity index (χ4n) is 1.30. The first-order chi connectivity index (χ1) is 8.09. The average Bonchev–Trinajstić information content (AvgIpc) is 2.58. The van der Waals surface area contributed by atoms with Crippen molar-refractivity contribution in [3.8, 4) is 0 Å². The van der Waals surface area contributed by atoms with Gasteiger partial charge < -0.3 is 14.9 Å². The van der Waals surface area contributed by atoms with Crippen LogP contribution in [0.5, 0.6) is 0 Å². The van der Waals surface area contributed by atoms with Gasteiger partial charge in [0.1, 0.15) is 5.71 Å². The molecule has 1 N–H and O–H groups in total. The summed E-state index contributed by atoms with van der Waals surface area (Å²) in [4.78, 5) is 22.6. The van der Waals surface area contributed by atoms with Crippen LogP contribution in [-0.2, 0) is 14.3 Å². The lowest BCUT2D eigenvalue weighted by molar-refractivity contribution is -0.151. The van der Waals surface area contributed by atoms with Gasteiger partial charge in [-0.15, -0.1) is 11.6 Å². The lowest BCUT2D eigenvalue weighted by Gasteiger charge is -2.10. The van der Waals surface area contributed by atoms with Gasteiger partial charge in [-0.1, -0.05) is 18.2 Å². The van der Waals surface area contributed by atoms with E-state index in [-0.39, 0.29) is 5.71 Å². The van der Waals surface area contributed by atoms with E-state index in [9.17, 15) is 9.59 Å². The fourth-order valence-corrected chi connectivity index (χ4v) is 1.46. The quantitative estimate of drug-likeness (QED) is 0.638. The van der Waals surface area contributed by atoms with Crippen molar-refractivity contribution >= 4 is 29.3 Å². The van der Waals surface area contributed by atoms with Crippen LogP contribution < -0.4 is 0 Å². The maximum atomic E-state index is 11.6. The summed E-state index contributed by atoms with van der Waals surface area (Å²) >= 11 is 5.55. The Morgan fingerprint density at radius 1 is 1.35 bits per heavy atom. The number of nitrogens with one attached hydrogen (secondary N) is 1. The number of alkyl halides is 1. The molecule has 0 saturated carbocycles. The number of hydrogen-bond acceptors (Lipinski definition) is 5. The Kier molecular flexibility index (Phi) is 3.10. The third-order valence-corrected chi connectivity index (χ3v) is 2.59. The molecule has 0 aromatic heterocycles. The summed E-state index contributed by atoms with van der Waals surface area (Å²) in [7, 11) is 0. The molecule has 17 heavy (non-hydrogen) atoms. The summed E-state index contributed by atoms with van der Waals surface area (Å²) in [5.74, 6) is -1.44. The van der Waals surface area contributed by atoms with E-state index in [2.05, 4.69) is 4.74 Å². The Bertz CT molecular complexity index is 474. The van der Waals surface area contributed by atoms with Crippen LogP contribution >= 0.6 is 11.6 Å². The van der Waals surface area contributed by atoms with Crippen LogP contribution in [0.2, 0.25) is 0 Å². The highest BCUT2D eigenvalue weighted by Gasteiger charge is 2.41. The molecule has 0 amide bonds. The van der Waals surface area contributed by atoms with Gasteiger partial charge in [-0.3, -0.25) is 0 Å². The Balaban J connectivity index is 2.06. The molecule has 2 atom stereocenters. The number of carbonyl (C=O) groups excluding carboxylic acids is 2. The molecule has 0 aliphatic carbocycles. The Labute approximate surface area is 102 Å². The summed E-state index contributed by atoms with van der Waals surface area (Å²) in [6, 6.07) is 8.21. The number of carbonyl (C=O) groups is 2. The van der Waals surface area contributed by atoms with E-state index >= 15 is 0 Å². The molecule has 0 spiro atoms. The molecular formula is C11H8ClNO4. The topological polar surface area (TPSA) is 76.5 Å². The molecule has 1 aliphatic heterocycles. The second-order valence-corrected chi connectivity index (χ2v) is 3.79. The molecule has 1 aromatic rings. The molecule has 6 heteroatoms. The second-order valence-electron chi connectivity index (χ2n) is 3.36. The summed E-state index contributed by atoms with van der Waals surface area (Å²) in [6.45, 7) is 0. The summed E-state index contributed by atoms with van der Waals surface area (Å²) in [5, 5.41) is 6.27. The molecule has 5 nitrogen and oxygen atoms in total. The molecule has 2 rings (SSSR count). The lowest BCUT2D eigenvalue weighted by atomic mass is 10.2. The largest absolute Gasteiger partial charge is 0.418 e. The van der Waals surface area contributed by atoms with Crippen molar-refractivity contribution in [1.82, 2.24) is 0 Å². The normalized spacial score (nSPS) is 23.4. The van der Waals surface area contributed by atoms with Gasteiger partial charge in [-0.2, -0.15) is 0 Å². The van der Waals surface area contributed by atoms with Crippen molar-refractivity contribution in [3.05, 3.63) is 35.9 Å². The average molecular weight is 254 g/mol. The Morgan fingerprint density at radius 2 is 2.00 bits per heavy atom. The molecule has 1 aliphatic rings. The zero-order chi connectivity index (χ0) is 12.4. The highest BCUT2D eigenvalue weighted by Crippen LogP contribution is 2.18. The van der Waals surface area contributed by atoms with Crippen molar-refractivity contribution in [3.63, 3.8) is 0 Å². The number of rotatable bonds is 2. The van der Waals surface area contributed by atoms with E-state index in [1.807, 2.05) is 0 Å². The van der Waals surface area contributed by atoms with Crippen LogP contribution in [0.4, 0.5) is 0 Å². The first-order valence-electron chi connectivity index (χ1n) is 4.78. The zero-order valence-corrected chi connectivity index (χ0v) is 9.31. The third-order valence-electron chi connectivity index (χ3n) is 2.18. The lowest BCUT2D eigenvalue weighted by Crippen LogP contribution is -2.25. The first-order valence-corrected chi connectivity index (χ1v) is 5.22. The predicted octanol–water partition coefficient (Wildman–Crippen LogP) is 1.35. The molecule has 1 unspecified atom stereocenters. The molecule has 0 radical (unpaired) electrons. The van der Waals surface area contributed by atoms with Gasteiger partial charge in [0.15, 0.2) is 5.38 Å². The van der Waals surface area contributed by atoms with Crippen molar-refractivity contribution in [2.24, 2.45) is 0 Å². The Morgan fingerprint density at radius 3 is 2.53 bits per heavy atom. The minimum absolute atomic E-state index is 0.263. The van der Waals surface area contributed by atoms with E-state index in [4.69, 9.17) is 21.7 Å². The summed E-state index contributed by atoms with van der Waals surface area (Å²) < 4.78 is 9.50. The molecule has 1 saturated heterocycles. The van der Waals surface area contributed by atoms with Crippen LogP contribution in [0.1, 0.15) is 10.4 Å². The van der Waals surface area contributed by atoms with Crippen LogP contribution in [0.15, 0.2) is 30.3 Å². The summed E-state index contributed by atoms with van der Waals surface area (Å²) in [6.07, 6.45) is -1.32. The van der Waals surface area contributed by atoms with Crippen LogP contribution in [0.3, 0.4) is 0 Å². The van der Waals surface area contributed by atoms with Gasteiger partial charge in [0, 0.05) is 0 Å². The maximum Gasteiger partial charge on any atom is 0.341 e. The third kappa shape index (κ3) is 2.29. The molecule has 0 bridgehead atoms. The van der Waals surface area contributed by atoms with Crippen LogP contribution in [0, 0.1) is 5.41 Å². The van der Waals surface area contributed by atoms with Gasteiger partial charge in [-0.05, 0) is 12.1 Å². The Hall–Kier alpha value is -1.88. The van der Waals surface area contributed by atoms with Gasteiger partial charge in [0.25, 0.3) is 6.29 Å². The second kappa shape index (κ2) is 4.55. The maximum absolute atomic E-state index is 11.6. The van der Waals surface area contributed by atoms with E-state index in [0.29, 0.717) is 5.56 Å². The highest BCUT2D eigenvalue weighted by atomic mass is 35.5. The van der Waals surface area contributed by atoms with Gasteiger partial charge in [0.2, 0.25) is 0 Å². The minimum atomic E-state index is -1.32. The van der Waals surface area contributed by atoms with Gasteiger partial charge >= 0.3 is 11.9 Å². The van der Waals surface area contributed by atoms with Crippen molar-refractivity contribution in [2.75, 3.05) is 0 Å². The first kappa shape index (κ1) is 11.6. The van der Waals surface area contributed by atoms with Crippen molar-refractivity contribution in [2.45, 2.75) is 11.7 Å². The molecule has 88 valence electrons. The zero-order valence-electron chi connectivity index (χ0n) is 8.55. The number of halogens is 1. The molecule has 1 heterocycles. The molecule has 1 aromatic carbocycles. The van der Waals surface area contributed by atoms with E-state index in [1.54, 1.807) is 30.3 Å². The molecule has 1 fully saturated rings. The predicted molar refractivity (Wildman–Crippen MR) is 59.1 cm³/mol. The number of hydrogen-bond donors (Lipinski definition) is 1. The van der Waals surface area contributed by atoms with Gasteiger partial charge in [-0.25, -0.2) is 9.59 Å². The fraction of sp³-hybridized carbons (Fsp3) is 0.182. The SMILES string of the molecule is N=C1C(Cl)C(=O)O[C@H]1OC(=O)c1ccccc1. The number of cyclic esters (lactones) is 1. The van der Waals surface area contributed by atoms with Crippen molar-refractivity contribution < 1.29 is 19.1 Å². The number of esters is 2. The highest BCUT2D eigenvalue weighted by molar-refractivity contribution is 6.43. The number of benzene rings is 1. The standard InChI is InChI=1S/C11H8ClNO4/c12-7-8(13)11(17-10(7)15)16-9(14)6-4-2-1-3-5-6/h1-5,7,11,13H/t7?,11-/m1/s1. The monoisotopic (exact) mass is 253 g/mol. The van der Waals surface area contributed by atoms with Crippen LogP contribution in [-0.4, -0.2) is 29.3 Å². The van der Waals surface area contributed by atoms with E-state index in [0.717, 1.165) is 0 Å². The summed E-state index contributed by atoms with van der Waals surface area (Å²) in [5.41, 5.74) is 0.0512. The van der Waals surface area contributed by atoms with Crippen LogP contribution in [0.25, 0.3) is 0 Å². The van der Waals surface area contributed by atoms with E-state index < -0.39 is 23.6 Å².